The zero-order valence-electron chi connectivity index (χ0n) is 9.43. The second kappa shape index (κ2) is 3.93. The van der Waals surface area contributed by atoms with Crippen molar-refractivity contribution in [2.24, 2.45) is 5.92 Å². The van der Waals surface area contributed by atoms with Crippen LogP contribution in [-0.2, 0) is 11.3 Å². The number of likely N-dealkylation sites (tertiary alicyclic amines) is 1. The second-order valence-electron chi connectivity index (χ2n) is 5.04. The molecule has 1 amide bonds. The van der Waals surface area contributed by atoms with Crippen molar-refractivity contribution in [2.45, 2.75) is 38.3 Å². The molecule has 1 aliphatic carbocycles. The standard InChI is InChI=1S/C14H17NO/c16-14-9-12-6-7-13(8-12)15(14)10-11-4-2-1-3-5-11/h1-5,12-13H,6-10H2/t12-,13+/m1/s1. The lowest BCUT2D eigenvalue weighted by molar-refractivity contribution is -0.137. The zero-order valence-corrected chi connectivity index (χ0v) is 9.43. The Balaban J connectivity index is 1.76. The van der Waals surface area contributed by atoms with Gasteiger partial charge in [0.05, 0.1) is 0 Å². The van der Waals surface area contributed by atoms with Gasteiger partial charge in [-0.3, -0.25) is 4.79 Å². The number of carbonyl (C=O) groups is 1. The first-order valence-corrected chi connectivity index (χ1v) is 6.16. The highest BCUT2D eigenvalue weighted by atomic mass is 16.2. The summed E-state index contributed by atoms with van der Waals surface area (Å²) in [5, 5.41) is 0. The third-order valence-electron chi connectivity index (χ3n) is 3.93. The Labute approximate surface area is 96.3 Å². The molecule has 84 valence electrons. The first kappa shape index (κ1) is 9.88. The van der Waals surface area contributed by atoms with Crippen LogP contribution in [0.1, 0.15) is 31.2 Å². The predicted octanol–water partition coefficient (Wildman–Crippen LogP) is 2.59. The Morgan fingerprint density at radius 3 is 2.81 bits per heavy atom. The molecule has 0 aromatic heterocycles. The van der Waals surface area contributed by atoms with Crippen LogP contribution in [0.4, 0.5) is 0 Å². The van der Waals surface area contributed by atoms with E-state index in [4.69, 9.17) is 0 Å². The number of hydrogen-bond donors (Lipinski definition) is 0. The minimum absolute atomic E-state index is 0.364. The molecule has 0 unspecified atom stereocenters. The molecule has 3 rings (SSSR count). The molecule has 1 aliphatic heterocycles. The van der Waals surface area contributed by atoms with Gasteiger partial charge in [-0.15, -0.1) is 0 Å². The summed E-state index contributed by atoms with van der Waals surface area (Å²) in [7, 11) is 0. The van der Waals surface area contributed by atoms with Gasteiger partial charge in [-0.1, -0.05) is 30.3 Å². The molecule has 0 spiro atoms. The van der Waals surface area contributed by atoms with Gasteiger partial charge in [0.2, 0.25) is 5.91 Å². The van der Waals surface area contributed by atoms with Crippen molar-refractivity contribution in [2.75, 3.05) is 0 Å². The van der Waals surface area contributed by atoms with Gasteiger partial charge >= 0.3 is 0 Å². The molecule has 16 heavy (non-hydrogen) atoms. The Bertz CT molecular complexity index is 387. The Kier molecular flexibility index (Phi) is 2.43. The molecular weight excluding hydrogens is 198 g/mol. The highest BCUT2D eigenvalue weighted by Crippen LogP contribution is 2.37. The van der Waals surface area contributed by atoms with E-state index in [-0.39, 0.29) is 0 Å². The number of carbonyl (C=O) groups excluding carboxylic acids is 1. The lowest BCUT2D eigenvalue weighted by Gasteiger charge is -2.33. The molecule has 2 nitrogen and oxygen atoms in total. The molecule has 1 aromatic carbocycles. The van der Waals surface area contributed by atoms with E-state index in [1.54, 1.807) is 0 Å². The summed E-state index contributed by atoms with van der Waals surface area (Å²) in [5.74, 6) is 1.05. The van der Waals surface area contributed by atoms with Crippen LogP contribution in [0.3, 0.4) is 0 Å². The summed E-state index contributed by atoms with van der Waals surface area (Å²) in [5.41, 5.74) is 1.25. The number of fused-ring (bicyclic) bond motifs is 2. The minimum atomic E-state index is 0.364. The largest absolute Gasteiger partial charge is 0.335 e. The summed E-state index contributed by atoms with van der Waals surface area (Å²) in [6.45, 7) is 0.803. The van der Waals surface area contributed by atoms with Gasteiger partial charge in [-0.05, 0) is 30.7 Å². The lowest BCUT2D eigenvalue weighted by atomic mass is 9.98. The van der Waals surface area contributed by atoms with Gasteiger partial charge < -0.3 is 4.90 Å². The van der Waals surface area contributed by atoms with Crippen LogP contribution in [0.25, 0.3) is 0 Å². The van der Waals surface area contributed by atoms with Crippen LogP contribution in [0, 0.1) is 5.92 Å². The second-order valence-corrected chi connectivity index (χ2v) is 5.04. The van der Waals surface area contributed by atoms with Gasteiger partial charge in [-0.25, -0.2) is 0 Å². The maximum absolute atomic E-state index is 12.0. The number of benzene rings is 1. The van der Waals surface area contributed by atoms with Crippen molar-refractivity contribution in [1.82, 2.24) is 4.90 Å². The normalized spacial score (nSPS) is 28.5. The van der Waals surface area contributed by atoms with E-state index in [1.165, 1.54) is 24.8 Å². The minimum Gasteiger partial charge on any atom is -0.335 e. The third-order valence-corrected chi connectivity index (χ3v) is 3.93. The molecule has 1 heterocycles. The highest BCUT2D eigenvalue weighted by molar-refractivity contribution is 5.78. The molecule has 1 aromatic rings. The average Bonchev–Trinajstić information content (AvgIpc) is 2.70. The maximum atomic E-state index is 12.0. The molecule has 1 saturated carbocycles. The predicted molar refractivity (Wildman–Crippen MR) is 62.7 cm³/mol. The van der Waals surface area contributed by atoms with Gasteiger partial charge in [0.1, 0.15) is 0 Å². The van der Waals surface area contributed by atoms with E-state index in [2.05, 4.69) is 17.0 Å². The molecule has 0 N–H and O–H groups in total. The third kappa shape index (κ3) is 1.73. The number of piperidine rings is 1. The fourth-order valence-electron chi connectivity index (χ4n) is 3.08. The van der Waals surface area contributed by atoms with E-state index in [9.17, 15) is 4.79 Å². The molecule has 1 saturated heterocycles. The molecular formula is C14H17NO. The van der Waals surface area contributed by atoms with E-state index >= 15 is 0 Å². The van der Waals surface area contributed by atoms with Gasteiger partial charge in [-0.2, -0.15) is 0 Å². The fourth-order valence-corrected chi connectivity index (χ4v) is 3.08. The smallest absolute Gasteiger partial charge is 0.223 e. The van der Waals surface area contributed by atoms with Gasteiger partial charge in [0.15, 0.2) is 0 Å². The lowest BCUT2D eigenvalue weighted by Crippen LogP contribution is -2.41. The van der Waals surface area contributed by atoms with Crippen molar-refractivity contribution >= 4 is 5.91 Å². The Morgan fingerprint density at radius 1 is 1.19 bits per heavy atom. The topological polar surface area (TPSA) is 20.3 Å². The zero-order chi connectivity index (χ0) is 11.0. The SMILES string of the molecule is O=C1C[C@@H]2CC[C@@H](C2)N1Cc1ccccc1. The number of nitrogens with zero attached hydrogens (tertiary/aromatic N) is 1. The maximum Gasteiger partial charge on any atom is 0.223 e. The summed E-state index contributed by atoms with van der Waals surface area (Å²) in [6.07, 6.45) is 4.48. The van der Waals surface area contributed by atoms with E-state index in [0.29, 0.717) is 17.9 Å². The number of hydrogen-bond acceptors (Lipinski definition) is 1. The van der Waals surface area contributed by atoms with E-state index < -0.39 is 0 Å². The molecule has 2 heteroatoms. The van der Waals surface area contributed by atoms with Gasteiger partial charge in [0, 0.05) is 19.0 Å². The van der Waals surface area contributed by atoms with Crippen molar-refractivity contribution in [1.29, 1.82) is 0 Å². The van der Waals surface area contributed by atoms with Crippen LogP contribution < -0.4 is 0 Å². The average molecular weight is 215 g/mol. The molecule has 2 atom stereocenters. The van der Waals surface area contributed by atoms with Crippen molar-refractivity contribution in [3.63, 3.8) is 0 Å². The van der Waals surface area contributed by atoms with Crippen molar-refractivity contribution in [3.05, 3.63) is 35.9 Å². The number of amides is 1. The van der Waals surface area contributed by atoms with Crippen LogP contribution in [-0.4, -0.2) is 16.8 Å². The van der Waals surface area contributed by atoms with E-state index in [0.717, 1.165) is 13.0 Å². The Hall–Kier alpha value is -1.31. The Morgan fingerprint density at radius 2 is 2.00 bits per heavy atom. The van der Waals surface area contributed by atoms with Crippen molar-refractivity contribution in [3.8, 4) is 0 Å². The number of rotatable bonds is 2. The summed E-state index contributed by atoms with van der Waals surface area (Å²) < 4.78 is 0. The summed E-state index contributed by atoms with van der Waals surface area (Å²) >= 11 is 0. The molecule has 2 bridgehead atoms. The monoisotopic (exact) mass is 215 g/mol. The fraction of sp³-hybridized carbons (Fsp3) is 0.500. The summed E-state index contributed by atoms with van der Waals surface area (Å²) in [4.78, 5) is 14.1. The van der Waals surface area contributed by atoms with Crippen LogP contribution in [0.15, 0.2) is 30.3 Å². The molecule has 0 radical (unpaired) electrons. The van der Waals surface area contributed by atoms with Crippen LogP contribution in [0.5, 0.6) is 0 Å². The molecule has 2 fully saturated rings. The molecule has 2 aliphatic rings. The van der Waals surface area contributed by atoms with Crippen molar-refractivity contribution < 1.29 is 4.79 Å². The van der Waals surface area contributed by atoms with Gasteiger partial charge in [0.25, 0.3) is 0 Å². The first-order valence-electron chi connectivity index (χ1n) is 6.16. The van der Waals surface area contributed by atoms with E-state index in [1.807, 2.05) is 18.2 Å². The highest BCUT2D eigenvalue weighted by Gasteiger charge is 2.38. The van der Waals surface area contributed by atoms with Crippen LogP contribution >= 0.6 is 0 Å². The quantitative estimate of drug-likeness (QED) is 0.742. The van der Waals surface area contributed by atoms with Crippen LogP contribution in [0.2, 0.25) is 0 Å². The first-order chi connectivity index (χ1) is 7.83. The summed E-state index contributed by atoms with van der Waals surface area (Å²) in [6, 6.07) is 10.8.